The summed E-state index contributed by atoms with van der Waals surface area (Å²) >= 11 is 0. The molecule has 0 unspecified atom stereocenters. The molecule has 2 aromatic rings. The number of likely N-dealkylation sites (N-methyl/N-ethyl adjacent to an activating group) is 1. The molecule has 0 aromatic heterocycles. The van der Waals surface area contributed by atoms with Gasteiger partial charge in [-0.05, 0) is 37.1 Å². The van der Waals surface area contributed by atoms with Gasteiger partial charge in [0.25, 0.3) is 5.91 Å². The Morgan fingerprint density at radius 3 is 2.29 bits per heavy atom. The van der Waals surface area contributed by atoms with Crippen LogP contribution in [0.2, 0.25) is 0 Å². The molecule has 0 saturated carbocycles. The van der Waals surface area contributed by atoms with Crippen LogP contribution in [0.15, 0.2) is 48.5 Å². The van der Waals surface area contributed by atoms with Gasteiger partial charge in [0.2, 0.25) is 5.91 Å². The third-order valence-corrected chi connectivity index (χ3v) is 5.37. The third kappa shape index (κ3) is 4.98. The van der Waals surface area contributed by atoms with Crippen LogP contribution < -0.4 is 0 Å². The fourth-order valence-electron chi connectivity index (χ4n) is 3.55. The van der Waals surface area contributed by atoms with Crippen molar-refractivity contribution in [3.8, 4) is 0 Å². The summed E-state index contributed by atoms with van der Waals surface area (Å²) in [6.45, 7) is 7.94. The molecular formula is C23H29N3O2. The molecule has 1 heterocycles. The second-order valence-corrected chi connectivity index (χ2v) is 7.61. The molecule has 2 aromatic carbocycles. The minimum Gasteiger partial charge on any atom is -0.340 e. The van der Waals surface area contributed by atoms with E-state index in [4.69, 9.17) is 0 Å². The molecule has 0 atom stereocenters. The standard InChI is InChI=1S/C23H29N3O2/c1-18-9-10-21(19(2)15-18)16-24(3)22(27)17-25-11-13-26(14-12-25)23(28)20-7-5-4-6-8-20/h4-10,15H,11-14,16-17H2,1-3H3. The predicted molar refractivity (Wildman–Crippen MR) is 111 cm³/mol. The number of carbonyl (C=O) groups is 2. The zero-order chi connectivity index (χ0) is 20.1. The lowest BCUT2D eigenvalue weighted by Crippen LogP contribution is -2.51. The van der Waals surface area contributed by atoms with Crippen molar-refractivity contribution in [2.24, 2.45) is 0 Å². The van der Waals surface area contributed by atoms with Crippen LogP contribution >= 0.6 is 0 Å². The molecule has 0 aliphatic carbocycles. The molecule has 0 N–H and O–H groups in total. The van der Waals surface area contributed by atoms with E-state index < -0.39 is 0 Å². The molecule has 0 bridgehead atoms. The van der Waals surface area contributed by atoms with E-state index in [1.165, 1.54) is 16.7 Å². The SMILES string of the molecule is Cc1ccc(CN(C)C(=O)CN2CCN(C(=O)c3ccccc3)CC2)c(C)c1. The van der Waals surface area contributed by atoms with Crippen LogP contribution in [0.4, 0.5) is 0 Å². The van der Waals surface area contributed by atoms with E-state index in [9.17, 15) is 9.59 Å². The van der Waals surface area contributed by atoms with E-state index in [1.54, 1.807) is 4.90 Å². The van der Waals surface area contributed by atoms with Crippen molar-refractivity contribution < 1.29 is 9.59 Å². The van der Waals surface area contributed by atoms with E-state index in [-0.39, 0.29) is 11.8 Å². The van der Waals surface area contributed by atoms with Crippen LogP contribution in [0.25, 0.3) is 0 Å². The molecule has 148 valence electrons. The highest BCUT2D eigenvalue weighted by Gasteiger charge is 2.24. The van der Waals surface area contributed by atoms with Crippen molar-refractivity contribution in [3.63, 3.8) is 0 Å². The summed E-state index contributed by atoms with van der Waals surface area (Å²) in [5, 5.41) is 0. The van der Waals surface area contributed by atoms with E-state index >= 15 is 0 Å². The predicted octanol–water partition coefficient (Wildman–Crippen LogP) is 2.72. The van der Waals surface area contributed by atoms with E-state index in [1.807, 2.05) is 42.3 Å². The van der Waals surface area contributed by atoms with Crippen molar-refractivity contribution in [2.45, 2.75) is 20.4 Å². The average Bonchev–Trinajstić information content (AvgIpc) is 2.70. The highest BCUT2D eigenvalue weighted by atomic mass is 16.2. The van der Waals surface area contributed by atoms with Gasteiger partial charge in [-0.3, -0.25) is 14.5 Å². The van der Waals surface area contributed by atoms with Gasteiger partial charge in [-0.25, -0.2) is 0 Å². The molecule has 0 spiro atoms. The average molecular weight is 380 g/mol. The maximum Gasteiger partial charge on any atom is 0.253 e. The summed E-state index contributed by atoms with van der Waals surface area (Å²) in [6, 6.07) is 15.7. The Labute approximate surface area is 167 Å². The monoisotopic (exact) mass is 379 g/mol. The first-order valence-electron chi connectivity index (χ1n) is 9.81. The van der Waals surface area contributed by atoms with Crippen LogP contribution in [0, 0.1) is 13.8 Å². The van der Waals surface area contributed by atoms with Gasteiger partial charge in [-0.2, -0.15) is 0 Å². The van der Waals surface area contributed by atoms with E-state index in [2.05, 4.69) is 36.9 Å². The number of benzene rings is 2. The minimum absolute atomic E-state index is 0.0681. The smallest absolute Gasteiger partial charge is 0.253 e. The lowest BCUT2D eigenvalue weighted by Gasteiger charge is -2.35. The lowest BCUT2D eigenvalue weighted by atomic mass is 10.1. The van der Waals surface area contributed by atoms with Crippen molar-refractivity contribution >= 4 is 11.8 Å². The fraction of sp³-hybridized carbons (Fsp3) is 0.391. The molecule has 1 fully saturated rings. The van der Waals surface area contributed by atoms with Crippen molar-refractivity contribution in [1.82, 2.24) is 14.7 Å². The molecule has 28 heavy (non-hydrogen) atoms. The second-order valence-electron chi connectivity index (χ2n) is 7.61. The second kappa shape index (κ2) is 9.02. The van der Waals surface area contributed by atoms with Crippen LogP contribution in [0.1, 0.15) is 27.0 Å². The highest BCUT2D eigenvalue weighted by Crippen LogP contribution is 2.13. The van der Waals surface area contributed by atoms with Gasteiger partial charge in [0.1, 0.15) is 0 Å². The van der Waals surface area contributed by atoms with Crippen molar-refractivity contribution in [3.05, 3.63) is 70.8 Å². The Kier molecular flexibility index (Phi) is 6.47. The lowest BCUT2D eigenvalue weighted by molar-refractivity contribution is -0.132. The van der Waals surface area contributed by atoms with Crippen LogP contribution in [0.3, 0.4) is 0 Å². The minimum atomic E-state index is 0.0681. The zero-order valence-corrected chi connectivity index (χ0v) is 17.0. The van der Waals surface area contributed by atoms with Gasteiger partial charge >= 0.3 is 0 Å². The fourth-order valence-corrected chi connectivity index (χ4v) is 3.55. The summed E-state index contributed by atoms with van der Waals surface area (Å²) < 4.78 is 0. The number of hydrogen-bond donors (Lipinski definition) is 0. The Morgan fingerprint density at radius 1 is 0.964 bits per heavy atom. The summed E-state index contributed by atoms with van der Waals surface area (Å²) in [5.41, 5.74) is 4.35. The molecule has 1 aliphatic heterocycles. The molecule has 3 rings (SSSR count). The van der Waals surface area contributed by atoms with Gasteiger partial charge in [0.05, 0.1) is 6.54 Å². The Bertz CT molecular complexity index is 827. The first kappa shape index (κ1) is 20.1. The Hall–Kier alpha value is -2.66. The molecule has 5 nitrogen and oxygen atoms in total. The van der Waals surface area contributed by atoms with Gasteiger partial charge in [0, 0.05) is 45.3 Å². The van der Waals surface area contributed by atoms with Crippen molar-refractivity contribution in [1.29, 1.82) is 0 Å². The zero-order valence-electron chi connectivity index (χ0n) is 17.0. The van der Waals surface area contributed by atoms with E-state index in [0.717, 1.165) is 18.7 Å². The quantitative estimate of drug-likeness (QED) is 0.802. The number of hydrogen-bond acceptors (Lipinski definition) is 3. The molecule has 2 amide bonds. The maximum absolute atomic E-state index is 12.6. The topological polar surface area (TPSA) is 43.9 Å². The first-order chi connectivity index (χ1) is 13.4. The summed E-state index contributed by atoms with van der Waals surface area (Å²) in [5.74, 6) is 0.182. The highest BCUT2D eigenvalue weighted by molar-refractivity contribution is 5.94. The van der Waals surface area contributed by atoms with Crippen molar-refractivity contribution in [2.75, 3.05) is 39.8 Å². The summed E-state index contributed by atoms with van der Waals surface area (Å²) in [4.78, 5) is 31.0. The third-order valence-electron chi connectivity index (χ3n) is 5.37. The normalized spacial score (nSPS) is 14.8. The van der Waals surface area contributed by atoms with E-state index in [0.29, 0.717) is 26.2 Å². The first-order valence-corrected chi connectivity index (χ1v) is 9.81. The van der Waals surface area contributed by atoms with Crippen LogP contribution in [0.5, 0.6) is 0 Å². The van der Waals surface area contributed by atoms with Gasteiger partial charge < -0.3 is 9.80 Å². The van der Waals surface area contributed by atoms with Gasteiger partial charge in [0.15, 0.2) is 0 Å². The maximum atomic E-state index is 12.6. The molecule has 5 heteroatoms. The summed E-state index contributed by atoms with van der Waals surface area (Å²) in [6.07, 6.45) is 0. The Balaban J connectivity index is 1.48. The molecule has 0 radical (unpaired) electrons. The van der Waals surface area contributed by atoms with Crippen LogP contribution in [-0.2, 0) is 11.3 Å². The van der Waals surface area contributed by atoms with Gasteiger partial charge in [-0.15, -0.1) is 0 Å². The number of rotatable bonds is 5. The summed E-state index contributed by atoms with van der Waals surface area (Å²) in [7, 11) is 1.86. The molecule has 1 aliphatic rings. The number of aryl methyl sites for hydroxylation is 2. The molecular weight excluding hydrogens is 350 g/mol. The number of carbonyl (C=O) groups excluding carboxylic acids is 2. The molecule has 1 saturated heterocycles. The number of piperazine rings is 1. The Morgan fingerprint density at radius 2 is 1.64 bits per heavy atom. The van der Waals surface area contributed by atoms with Gasteiger partial charge in [-0.1, -0.05) is 42.0 Å². The largest absolute Gasteiger partial charge is 0.340 e. The number of nitrogens with zero attached hydrogens (tertiary/aromatic N) is 3. The van der Waals surface area contributed by atoms with Crippen LogP contribution in [-0.4, -0.2) is 66.3 Å². The number of amides is 2.